The Labute approximate surface area is 97.4 Å². The molecule has 1 heterocycles. The Balaban J connectivity index is 1.97. The van der Waals surface area contributed by atoms with Crippen LogP contribution in [0.1, 0.15) is 12.8 Å². The molecule has 1 N–H and O–H groups in total. The number of nitrogens with one attached hydrogen (secondary N) is 1. The summed E-state index contributed by atoms with van der Waals surface area (Å²) in [6.07, 6.45) is 1.62. The molecule has 0 aromatic heterocycles. The molecule has 0 radical (unpaired) electrons. The van der Waals surface area contributed by atoms with Crippen molar-refractivity contribution in [2.75, 3.05) is 11.4 Å². The standard InChI is InChI=1S/C12H11FN2O2/c13-8-1-3-9(4-2-8)15-10(16)12(5-6-12)7-14-11(15)17/h1-4H,5-7H2,(H,14,17). The van der Waals surface area contributed by atoms with Gasteiger partial charge in [-0.3, -0.25) is 4.79 Å². The van der Waals surface area contributed by atoms with Crippen LogP contribution in [0.4, 0.5) is 14.9 Å². The third-order valence-corrected chi connectivity index (χ3v) is 3.38. The zero-order chi connectivity index (χ0) is 12.0. The summed E-state index contributed by atoms with van der Waals surface area (Å²) in [5, 5.41) is 2.70. The van der Waals surface area contributed by atoms with Crippen LogP contribution in [0.15, 0.2) is 24.3 Å². The maximum Gasteiger partial charge on any atom is 0.328 e. The number of hydrogen-bond donors (Lipinski definition) is 1. The van der Waals surface area contributed by atoms with Gasteiger partial charge in [-0.25, -0.2) is 14.1 Å². The second-order valence-electron chi connectivity index (χ2n) is 4.56. The molecule has 3 amide bonds. The van der Waals surface area contributed by atoms with Gasteiger partial charge in [-0.05, 0) is 37.1 Å². The van der Waals surface area contributed by atoms with Crippen molar-refractivity contribution >= 4 is 17.6 Å². The number of carbonyl (C=O) groups is 2. The van der Waals surface area contributed by atoms with Gasteiger partial charge in [0.05, 0.1) is 11.1 Å². The first-order valence-corrected chi connectivity index (χ1v) is 5.50. The minimum atomic E-state index is -0.431. The van der Waals surface area contributed by atoms with Crippen molar-refractivity contribution in [3.05, 3.63) is 30.1 Å². The predicted octanol–water partition coefficient (Wildman–Crippen LogP) is 1.66. The first kappa shape index (κ1) is 10.3. The smallest absolute Gasteiger partial charge is 0.328 e. The Morgan fingerprint density at radius 1 is 1.18 bits per heavy atom. The predicted molar refractivity (Wildman–Crippen MR) is 59.0 cm³/mol. The molecular weight excluding hydrogens is 223 g/mol. The van der Waals surface area contributed by atoms with E-state index in [-0.39, 0.29) is 11.7 Å². The fourth-order valence-electron chi connectivity index (χ4n) is 2.10. The van der Waals surface area contributed by atoms with Crippen molar-refractivity contribution in [1.29, 1.82) is 0 Å². The van der Waals surface area contributed by atoms with E-state index in [1.807, 2.05) is 0 Å². The summed E-state index contributed by atoms with van der Waals surface area (Å²) in [5.41, 5.74) is 0.0161. The number of urea groups is 1. The zero-order valence-corrected chi connectivity index (χ0v) is 9.07. The van der Waals surface area contributed by atoms with Gasteiger partial charge in [0, 0.05) is 6.54 Å². The number of amides is 3. The van der Waals surface area contributed by atoms with Gasteiger partial charge in [0.25, 0.3) is 0 Å². The van der Waals surface area contributed by atoms with Crippen molar-refractivity contribution in [3.63, 3.8) is 0 Å². The minimum absolute atomic E-state index is 0.173. The Bertz CT molecular complexity index is 494. The quantitative estimate of drug-likeness (QED) is 0.803. The second kappa shape index (κ2) is 3.29. The highest BCUT2D eigenvalue weighted by Gasteiger charge is 2.56. The highest BCUT2D eigenvalue weighted by molar-refractivity contribution is 6.18. The fourth-order valence-corrected chi connectivity index (χ4v) is 2.10. The van der Waals surface area contributed by atoms with Crippen LogP contribution < -0.4 is 10.2 Å². The summed E-state index contributed by atoms with van der Waals surface area (Å²) in [7, 11) is 0. The summed E-state index contributed by atoms with van der Waals surface area (Å²) < 4.78 is 12.8. The maximum absolute atomic E-state index is 12.8. The van der Waals surface area contributed by atoms with E-state index in [2.05, 4.69) is 5.32 Å². The lowest BCUT2D eigenvalue weighted by molar-refractivity contribution is -0.123. The van der Waals surface area contributed by atoms with Crippen molar-refractivity contribution in [3.8, 4) is 0 Å². The van der Waals surface area contributed by atoms with Crippen LogP contribution in [-0.4, -0.2) is 18.5 Å². The lowest BCUT2D eigenvalue weighted by Gasteiger charge is -2.31. The van der Waals surface area contributed by atoms with E-state index in [0.717, 1.165) is 17.7 Å². The average molecular weight is 234 g/mol. The van der Waals surface area contributed by atoms with Crippen molar-refractivity contribution in [2.24, 2.45) is 5.41 Å². The molecule has 4 nitrogen and oxygen atoms in total. The largest absolute Gasteiger partial charge is 0.336 e. The molecule has 5 heteroatoms. The van der Waals surface area contributed by atoms with E-state index in [9.17, 15) is 14.0 Å². The van der Waals surface area contributed by atoms with Gasteiger partial charge in [0.15, 0.2) is 0 Å². The van der Waals surface area contributed by atoms with Gasteiger partial charge < -0.3 is 5.32 Å². The van der Waals surface area contributed by atoms with Gasteiger partial charge in [-0.2, -0.15) is 0 Å². The van der Waals surface area contributed by atoms with Gasteiger partial charge in [-0.1, -0.05) is 0 Å². The molecule has 1 saturated heterocycles. The van der Waals surface area contributed by atoms with E-state index in [0.29, 0.717) is 12.2 Å². The molecule has 0 atom stereocenters. The molecule has 17 heavy (non-hydrogen) atoms. The molecule has 0 bridgehead atoms. The van der Waals surface area contributed by atoms with Gasteiger partial charge in [-0.15, -0.1) is 0 Å². The molecule has 2 fully saturated rings. The summed E-state index contributed by atoms with van der Waals surface area (Å²) >= 11 is 0. The van der Waals surface area contributed by atoms with E-state index < -0.39 is 11.4 Å². The Kier molecular flexibility index (Phi) is 1.98. The van der Waals surface area contributed by atoms with Crippen LogP contribution in [0.25, 0.3) is 0 Å². The molecule has 1 aromatic rings. The number of halogens is 1. The molecule has 3 rings (SSSR count). The van der Waals surface area contributed by atoms with Gasteiger partial charge in [0.2, 0.25) is 5.91 Å². The van der Waals surface area contributed by atoms with Crippen molar-refractivity contribution in [2.45, 2.75) is 12.8 Å². The normalized spacial score (nSPS) is 21.6. The molecule has 1 spiro atoms. The Hall–Kier alpha value is -1.91. The number of imide groups is 1. The van der Waals surface area contributed by atoms with Crippen LogP contribution in [0.5, 0.6) is 0 Å². The highest BCUT2D eigenvalue weighted by Crippen LogP contribution is 2.48. The molecule has 1 aromatic carbocycles. The number of rotatable bonds is 1. The van der Waals surface area contributed by atoms with Crippen LogP contribution >= 0.6 is 0 Å². The second-order valence-corrected chi connectivity index (χ2v) is 4.56. The van der Waals surface area contributed by atoms with E-state index in [1.165, 1.54) is 24.3 Å². The first-order valence-electron chi connectivity index (χ1n) is 5.50. The van der Waals surface area contributed by atoms with Gasteiger partial charge >= 0.3 is 6.03 Å². The average Bonchev–Trinajstić information content (AvgIpc) is 3.09. The van der Waals surface area contributed by atoms with Crippen LogP contribution in [-0.2, 0) is 4.79 Å². The van der Waals surface area contributed by atoms with Gasteiger partial charge in [0.1, 0.15) is 5.82 Å². The molecule has 1 aliphatic carbocycles. The number of benzene rings is 1. The SMILES string of the molecule is O=C1NCC2(CC2)C(=O)N1c1ccc(F)cc1. The maximum atomic E-state index is 12.8. The molecule has 1 aliphatic heterocycles. The third-order valence-electron chi connectivity index (χ3n) is 3.38. The topological polar surface area (TPSA) is 49.4 Å². The molecular formula is C12H11FN2O2. The number of nitrogens with zero attached hydrogens (tertiary/aromatic N) is 1. The number of anilines is 1. The summed E-state index contributed by atoms with van der Waals surface area (Å²) in [6.45, 7) is 0.419. The summed E-state index contributed by atoms with van der Waals surface area (Å²) in [6, 6.07) is 4.93. The van der Waals surface area contributed by atoms with E-state index in [1.54, 1.807) is 0 Å². The first-order chi connectivity index (χ1) is 8.12. The van der Waals surface area contributed by atoms with Crippen molar-refractivity contribution < 1.29 is 14.0 Å². The van der Waals surface area contributed by atoms with Crippen LogP contribution in [0, 0.1) is 11.2 Å². The fraction of sp³-hybridized carbons (Fsp3) is 0.333. The lowest BCUT2D eigenvalue weighted by Crippen LogP contribution is -2.56. The molecule has 1 saturated carbocycles. The van der Waals surface area contributed by atoms with E-state index >= 15 is 0 Å². The summed E-state index contributed by atoms with van der Waals surface area (Å²) in [4.78, 5) is 25.0. The summed E-state index contributed by atoms with van der Waals surface area (Å²) in [5.74, 6) is -0.562. The molecule has 2 aliphatic rings. The number of carbonyl (C=O) groups excluding carboxylic acids is 2. The lowest BCUT2D eigenvalue weighted by atomic mass is 10.0. The Morgan fingerprint density at radius 2 is 1.82 bits per heavy atom. The monoisotopic (exact) mass is 234 g/mol. The highest BCUT2D eigenvalue weighted by atomic mass is 19.1. The van der Waals surface area contributed by atoms with Crippen molar-refractivity contribution in [1.82, 2.24) is 5.32 Å². The Morgan fingerprint density at radius 3 is 2.41 bits per heavy atom. The zero-order valence-electron chi connectivity index (χ0n) is 9.07. The molecule has 88 valence electrons. The minimum Gasteiger partial charge on any atom is -0.336 e. The van der Waals surface area contributed by atoms with Crippen LogP contribution in [0.2, 0.25) is 0 Å². The molecule has 0 unspecified atom stereocenters. The third kappa shape index (κ3) is 1.50. The number of hydrogen-bond acceptors (Lipinski definition) is 2. The van der Waals surface area contributed by atoms with E-state index in [4.69, 9.17) is 0 Å². The van der Waals surface area contributed by atoms with Crippen LogP contribution in [0.3, 0.4) is 0 Å².